The standard InChI is InChI=1S/C63H114O5/c1-4-7-10-13-16-19-22-25-28-31-32-34-35-38-41-44-47-50-53-56-62(64)67-60-61(59-66-58-55-52-49-46-43-40-37-30-27-24-21-18-15-12-9-6-3)68-63(65)57-54-51-48-45-42-39-36-33-29-26-23-20-17-14-11-8-5-2/h9,12,18,21,26-27,29-30,40,43,61H,4-8,10-11,13-17,19-20,22-25,28,31-39,41-42,44-60H2,1-3H3/b12-9-,21-18-,29-26-,30-27-,43-40-. The summed E-state index contributed by atoms with van der Waals surface area (Å²) in [6.07, 6.45) is 75.4. The van der Waals surface area contributed by atoms with E-state index in [0.717, 1.165) is 83.5 Å². The minimum absolute atomic E-state index is 0.0732. The summed E-state index contributed by atoms with van der Waals surface area (Å²) in [5.74, 6) is -0.405. The van der Waals surface area contributed by atoms with Crippen LogP contribution in [0.15, 0.2) is 60.8 Å². The van der Waals surface area contributed by atoms with Crippen LogP contribution in [0.4, 0.5) is 0 Å². The molecule has 68 heavy (non-hydrogen) atoms. The Labute approximate surface area is 424 Å². The average molecular weight is 952 g/mol. The zero-order chi connectivity index (χ0) is 49.2. The smallest absolute Gasteiger partial charge is 0.306 e. The molecule has 0 rings (SSSR count). The number of carbonyl (C=O) groups is 2. The van der Waals surface area contributed by atoms with Gasteiger partial charge in [0.2, 0.25) is 0 Å². The topological polar surface area (TPSA) is 61.8 Å². The molecule has 0 aliphatic carbocycles. The number of ether oxygens (including phenoxy) is 3. The molecule has 0 saturated carbocycles. The first-order chi connectivity index (χ1) is 33.6. The molecule has 0 bridgehead atoms. The van der Waals surface area contributed by atoms with Crippen molar-refractivity contribution in [2.45, 2.75) is 309 Å². The van der Waals surface area contributed by atoms with Gasteiger partial charge in [-0.05, 0) is 83.5 Å². The maximum absolute atomic E-state index is 12.9. The Balaban J connectivity index is 4.28. The van der Waals surface area contributed by atoms with Crippen LogP contribution in [0, 0.1) is 0 Å². The third kappa shape index (κ3) is 56.2. The number of unbranched alkanes of at least 4 members (excludes halogenated alkanes) is 34. The van der Waals surface area contributed by atoms with Crippen LogP contribution >= 0.6 is 0 Å². The number of allylic oxidation sites excluding steroid dienone is 10. The lowest BCUT2D eigenvalue weighted by Gasteiger charge is -2.18. The van der Waals surface area contributed by atoms with Crippen LogP contribution in [0.3, 0.4) is 0 Å². The van der Waals surface area contributed by atoms with Crippen LogP contribution in [-0.2, 0) is 23.8 Å². The zero-order valence-electron chi connectivity index (χ0n) is 45.6. The van der Waals surface area contributed by atoms with Gasteiger partial charge in [0.15, 0.2) is 6.10 Å². The molecule has 5 heteroatoms. The van der Waals surface area contributed by atoms with Crippen LogP contribution in [0.5, 0.6) is 0 Å². The van der Waals surface area contributed by atoms with E-state index in [9.17, 15) is 9.59 Å². The molecule has 0 radical (unpaired) electrons. The predicted octanol–water partition coefficient (Wildman–Crippen LogP) is 20.5. The van der Waals surface area contributed by atoms with Crippen molar-refractivity contribution in [1.82, 2.24) is 0 Å². The minimum atomic E-state index is -0.555. The Morgan fingerprint density at radius 1 is 0.338 bits per heavy atom. The van der Waals surface area contributed by atoms with Gasteiger partial charge < -0.3 is 14.2 Å². The summed E-state index contributed by atoms with van der Waals surface area (Å²) >= 11 is 0. The normalized spacial score (nSPS) is 12.6. The molecule has 396 valence electrons. The second-order valence-electron chi connectivity index (χ2n) is 19.9. The monoisotopic (exact) mass is 951 g/mol. The summed E-state index contributed by atoms with van der Waals surface area (Å²) in [5, 5.41) is 0. The molecule has 0 spiro atoms. The number of carbonyl (C=O) groups excluding carboxylic acids is 2. The van der Waals surface area contributed by atoms with E-state index < -0.39 is 6.10 Å². The zero-order valence-corrected chi connectivity index (χ0v) is 45.6. The maximum Gasteiger partial charge on any atom is 0.306 e. The van der Waals surface area contributed by atoms with E-state index in [0.29, 0.717) is 19.4 Å². The number of hydrogen-bond acceptors (Lipinski definition) is 5. The summed E-state index contributed by atoms with van der Waals surface area (Å²) in [6, 6.07) is 0. The Morgan fingerprint density at radius 3 is 1.07 bits per heavy atom. The van der Waals surface area contributed by atoms with Crippen molar-refractivity contribution in [3.8, 4) is 0 Å². The van der Waals surface area contributed by atoms with Crippen molar-refractivity contribution in [1.29, 1.82) is 0 Å². The highest BCUT2D eigenvalue weighted by atomic mass is 16.6. The molecule has 1 atom stereocenters. The van der Waals surface area contributed by atoms with Gasteiger partial charge in [-0.1, -0.05) is 268 Å². The Morgan fingerprint density at radius 2 is 0.662 bits per heavy atom. The summed E-state index contributed by atoms with van der Waals surface area (Å²) in [5.41, 5.74) is 0. The van der Waals surface area contributed by atoms with E-state index in [1.807, 2.05) is 0 Å². The molecule has 0 fully saturated rings. The van der Waals surface area contributed by atoms with E-state index in [1.54, 1.807) is 0 Å². The maximum atomic E-state index is 12.9. The second-order valence-corrected chi connectivity index (χ2v) is 19.9. The van der Waals surface area contributed by atoms with E-state index in [4.69, 9.17) is 14.2 Å². The molecule has 5 nitrogen and oxygen atoms in total. The van der Waals surface area contributed by atoms with Gasteiger partial charge in [0, 0.05) is 19.4 Å². The third-order valence-electron chi connectivity index (χ3n) is 13.0. The minimum Gasteiger partial charge on any atom is -0.462 e. The number of hydrogen-bond donors (Lipinski definition) is 0. The molecule has 0 aliphatic heterocycles. The van der Waals surface area contributed by atoms with Crippen molar-refractivity contribution in [2.75, 3.05) is 19.8 Å². The van der Waals surface area contributed by atoms with E-state index in [-0.39, 0.29) is 25.2 Å². The second kappa shape index (κ2) is 58.9. The van der Waals surface area contributed by atoms with Gasteiger partial charge >= 0.3 is 11.9 Å². The van der Waals surface area contributed by atoms with Crippen LogP contribution in [0.1, 0.15) is 303 Å². The quantitative estimate of drug-likeness (QED) is 0.0345. The lowest BCUT2D eigenvalue weighted by Crippen LogP contribution is -2.30. The van der Waals surface area contributed by atoms with Crippen LogP contribution in [0.2, 0.25) is 0 Å². The fraction of sp³-hybridized carbons (Fsp3) is 0.810. The molecule has 0 aromatic carbocycles. The highest BCUT2D eigenvalue weighted by Gasteiger charge is 2.17. The molecule has 0 heterocycles. The van der Waals surface area contributed by atoms with Crippen LogP contribution < -0.4 is 0 Å². The van der Waals surface area contributed by atoms with E-state index in [2.05, 4.69) is 81.5 Å². The first-order valence-electron chi connectivity index (χ1n) is 29.8. The largest absolute Gasteiger partial charge is 0.462 e. The molecular formula is C63H114O5. The Hall–Kier alpha value is -2.40. The molecule has 0 aromatic heterocycles. The first kappa shape index (κ1) is 65.6. The van der Waals surface area contributed by atoms with Gasteiger partial charge in [0.1, 0.15) is 6.61 Å². The molecular weight excluding hydrogens is 837 g/mol. The van der Waals surface area contributed by atoms with Crippen LogP contribution in [0.25, 0.3) is 0 Å². The van der Waals surface area contributed by atoms with Gasteiger partial charge in [-0.15, -0.1) is 0 Å². The highest BCUT2D eigenvalue weighted by Crippen LogP contribution is 2.16. The summed E-state index contributed by atoms with van der Waals surface area (Å²) in [6.45, 7) is 7.69. The molecule has 0 amide bonds. The van der Waals surface area contributed by atoms with E-state index in [1.165, 1.54) is 186 Å². The van der Waals surface area contributed by atoms with Crippen molar-refractivity contribution in [2.24, 2.45) is 0 Å². The van der Waals surface area contributed by atoms with Crippen molar-refractivity contribution in [3.05, 3.63) is 60.8 Å². The SMILES string of the molecule is CC/C=C\C/C=C\C/C=C\C/C=C\CCCCCOCC(COC(=O)CCCCCCCCCCCCCCCCCCCCC)OC(=O)CCCCCCCCC/C=C\CCCCCCCC. The summed E-state index contributed by atoms with van der Waals surface area (Å²) in [7, 11) is 0. The predicted molar refractivity (Wildman–Crippen MR) is 298 cm³/mol. The lowest BCUT2D eigenvalue weighted by molar-refractivity contribution is -0.163. The van der Waals surface area contributed by atoms with Gasteiger partial charge in [-0.3, -0.25) is 9.59 Å². The molecule has 1 unspecified atom stereocenters. The molecule has 0 aromatic rings. The molecule has 0 N–H and O–H groups in total. The molecule has 0 aliphatic rings. The van der Waals surface area contributed by atoms with Gasteiger partial charge in [-0.25, -0.2) is 0 Å². The van der Waals surface area contributed by atoms with E-state index >= 15 is 0 Å². The van der Waals surface area contributed by atoms with Crippen LogP contribution in [-0.4, -0.2) is 37.9 Å². The average Bonchev–Trinajstić information content (AvgIpc) is 3.34. The summed E-state index contributed by atoms with van der Waals surface area (Å²) < 4.78 is 17.5. The van der Waals surface area contributed by atoms with Gasteiger partial charge in [-0.2, -0.15) is 0 Å². The van der Waals surface area contributed by atoms with Crippen molar-refractivity contribution < 1.29 is 23.8 Å². The third-order valence-corrected chi connectivity index (χ3v) is 13.0. The van der Waals surface area contributed by atoms with Crippen molar-refractivity contribution >= 4 is 11.9 Å². The Bertz CT molecular complexity index is 1170. The van der Waals surface area contributed by atoms with Gasteiger partial charge in [0.25, 0.3) is 0 Å². The van der Waals surface area contributed by atoms with Crippen molar-refractivity contribution in [3.63, 3.8) is 0 Å². The Kier molecular flexibility index (Phi) is 56.8. The van der Waals surface area contributed by atoms with Gasteiger partial charge in [0.05, 0.1) is 6.61 Å². The lowest BCUT2D eigenvalue weighted by atomic mass is 10.0. The highest BCUT2D eigenvalue weighted by molar-refractivity contribution is 5.70. The fourth-order valence-electron chi connectivity index (χ4n) is 8.62. The summed E-state index contributed by atoms with van der Waals surface area (Å²) in [4.78, 5) is 25.6. The number of rotatable bonds is 55. The molecule has 0 saturated heterocycles. The number of esters is 2. The first-order valence-corrected chi connectivity index (χ1v) is 29.8. The fourth-order valence-corrected chi connectivity index (χ4v) is 8.62.